The Hall–Kier alpha value is -2.04. The van der Waals surface area contributed by atoms with Crippen molar-refractivity contribution >= 4 is 16.6 Å². The van der Waals surface area contributed by atoms with Gasteiger partial charge in [0.2, 0.25) is 0 Å². The van der Waals surface area contributed by atoms with Crippen LogP contribution in [0.25, 0.3) is 10.9 Å². The van der Waals surface area contributed by atoms with Crippen LogP contribution in [0, 0.1) is 5.92 Å². The van der Waals surface area contributed by atoms with Crippen LogP contribution < -0.4 is 17.0 Å². The fourth-order valence-electron chi connectivity index (χ4n) is 2.30. The molecule has 1 fully saturated rings. The Labute approximate surface area is 103 Å². The predicted molar refractivity (Wildman–Crippen MR) is 70.6 cm³/mol. The number of aromatic nitrogens is 2. The lowest BCUT2D eigenvalue weighted by Gasteiger charge is -2.11. The van der Waals surface area contributed by atoms with Gasteiger partial charge < -0.3 is 5.73 Å². The number of anilines is 1. The zero-order chi connectivity index (χ0) is 12.9. The third-order valence-corrected chi connectivity index (χ3v) is 3.55. The SMILES string of the molecule is Cn1c(=O)n(CC2CC2)c(=O)c2c(N)cccc21. The first-order valence-corrected chi connectivity index (χ1v) is 6.07. The Kier molecular flexibility index (Phi) is 2.29. The van der Waals surface area contributed by atoms with Gasteiger partial charge in [-0.05, 0) is 30.9 Å². The molecule has 0 spiro atoms. The molecule has 0 unspecified atom stereocenters. The highest BCUT2D eigenvalue weighted by molar-refractivity contribution is 5.89. The summed E-state index contributed by atoms with van der Waals surface area (Å²) in [6, 6.07) is 5.19. The van der Waals surface area contributed by atoms with Crippen LogP contribution in [0.15, 0.2) is 27.8 Å². The number of nitrogen functional groups attached to an aromatic ring is 1. The lowest BCUT2D eigenvalue weighted by atomic mass is 10.2. The summed E-state index contributed by atoms with van der Waals surface area (Å²) in [4.78, 5) is 24.5. The minimum atomic E-state index is -0.266. The van der Waals surface area contributed by atoms with Gasteiger partial charge in [-0.25, -0.2) is 4.79 Å². The van der Waals surface area contributed by atoms with E-state index in [1.165, 1.54) is 9.13 Å². The molecular weight excluding hydrogens is 230 g/mol. The maximum absolute atomic E-state index is 12.4. The molecule has 2 N–H and O–H groups in total. The Bertz CT molecular complexity index is 738. The third kappa shape index (κ3) is 1.54. The Morgan fingerprint density at radius 2 is 2.06 bits per heavy atom. The Morgan fingerprint density at radius 3 is 2.72 bits per heavy atom. The zero-order valence-electron chi connectivity index (χ0n) is 10.2. The zero-order valence-corrected chi connectivity index (χ0v) is 10.2. The first-order valence-electron chi connectivity index (χ1n) is 6.07. The van der Waals surface area contributed by atoms with Crippen molar-refractivity contribution in [2.45, 2.75) is 19.4 Å². The summed E-state index contributed by atoms with van der Waals surface area (Å²) in [5.74, 6) is 0.470. The van der Waals surface area contributed by atoms with Gasteiger partial charge in [-0.3, -0.25) is 13.9 Å². The highest BCUT2D eigenvalue weighted by Gasteiger charge is 2.24. The van der Waals surface area contributed by atoms with Gasteiger partial charge in [0.1, 0.15) is 0 Å². The molecule has 1 saturated carbocycles. The lowest BCUT2D eigenvalue weighted by Crippen LogP contribution is -2.39. The molecule has 0 atom stereocenters. The Morgan fingerprint density at radius 1 is 1.33 bits per heavy atom. The minimum absolute atomic E-state index is 0.259. The quantitative estimate of drug-likeness (QED) is 0.791. The van der Waals surface area contributed by atoms with E-state index in [0.29, 0.717) is 29.1 Å². The lowest BCUT2D eigenvalue weighted by molar-refractivity contribution is 0.560. The molecule has 1 aromatic carbocycles. The fourth-order valence-corrected chi connectivity index (χ4v) is 2.30. The van der Waals surface area contributed by atoms with Crippen LogP contribution in [-0.4, -0.2) is 9.13 Å². The molecule has 0 bridgehead atoms. The van der Waals surface area contributed by atoms with Crippen molar-refractivity contribution in [1.29, 1.82) is 0 Å². The first kappa shape index (κ1) is 11.1. The van der Waals surface area contributed by atoms with Gasteiger partial charge in [-0.15, -0.1) is 0 Å². The van der Waals surface area contributed by atoms with Crippen molar-refractivity contribution in [3.63, 3.8) is 0 Å². The largest absolute Gasteiger partial charge is 0.398 e. The van der Waals surface area contributed by atoms with Crippen molar-refractivity contribution in [1.82, 2.24) is 9.13 Å². The van der Waals surface area contributed by atoms with Crippen LogP contribution in [0.2, 0.25) is 0 Å². The summed E-state index contributed by atoms with van der Waals surface area (Å²) in [6.45, 7) is 0.510. The van der Waals surface area contributed by atoms with Crippen LogP contribution >= 0.6 is 0 Å². The van der Waals surface area contributed by atoms with E-state index < -0.39 is 0 Å². The molecule has 2 aromatic rings. The molecule has 0 aliphatic heterocycles. The van der Waals surface area contributed by atoms with Crippen molar-refractivity contribution in [3.8, 4) is 0 Å². The molecule has 0 radical (unpaired) electrons. The normalized spacial score (nSPS) is 15.2. The van der Waals surface area contributed by atoms with Crippen molar-refractivity contribution in [2.75, 3.05) is 5.73 Å². The van der Waals surface area contributed by atoms with Crippen LogP contribution in [0.5, 0.6) is 0 Å². The summed E-state index contributed by atoms with van der Waals surface area (Å²) < 4.78 is 2.81. The van der Waals surface area contributed by atoms with Gasteiger partial charge >= 0.3 is 5.69 Å². The number of aryl methyl sites for hydroxylation is 1. The topological polar surface area (TPSA) is 70.0 Å². The molecule has 3 rings (SSSR count). The molecule has 0 saturated heterocycles. The minimum Gasteiger partial charge on any atom is -0.398 e. The standard InChI is InChI=1S/C13H15N3O2/c1-15-10-4-2-3-9(14)11(10)12(17)16(13(15)18)7-8-5-6-8/h2-4,8H,5-7,14H2,1H3. The number of hydrogen-bond acceptors (Lipinski definition) is 3. The molecule has 1 aromatic heterocycles. The van der Waals surface area contributed by atoms with E-state index in [9.17, 15) is 9.59 Å². The van der Waals surface area contributed by atoms with E-state index in [1.807, 2.05) is 0 Å². The first-order chi connectivity index (χ1) is 8.59. The average Bonchev–Trinajstić information content (AvgIpc) is 3.15. The highest BCUT2D eigenvalue weighted by Crippen LogP contribution is 2.29. The van der Waals surface area contributed by atoms with E-state index in [1.54, 1.807) is 25.2 Å². The molecule has 0 amide bonds. The summed E-state index contributed by atoms with van der Waals surface area (Å²) in [5, 5.41) is 0.445. The summed E-state index contributed by atoms with van der Waals surface area (Å²) in [5.41, 5.74) is 6.36. The van der Waals surface area contributed by atoms with Crippen molar-refractivity contribution in [3.05, 3.63) is 39.0 Å². The van der Waals surface area contributed by atoms with E-state index >= 15 is 0 Å². The molecule has 5 nitrogen and oxygen atoms in total. The molecule has 94 valence electrons. The van der Waals surface area contributed by atoms with Gasteiger partial charge in [-0.1, -0.05) is 6.07 Å². The smallest absolute Gasteiger partial charge is 0.331 e. The van der Waals surface area contributed by atoms with E-state index in [0.717, 1.165) is 12.8 Å². The molecule has 18 heavy (non-hydrogen) atoms. The summed E-state index contributed by atoms with van der Waals surface area (Å²) >= 11 is 0. The van der Waals surface area contributed by atoms with Gasteiger partial charge in [0.25, 0.3) is 5.56 Å². The number of rotatable bonds is 2. The summed E-state index contributed by atoms with van der Waals surface area (Å²) in [6.07, 6.45) is 2.19. The van der Waals surface area contributed by atoms with E-state index in [4.69, 9.17) is 5.73 Å². The van der Waals surface area contributed by atoms with Crippen molar-refractivity contribution in [2.24, 2.45) is 13.0 Å². The fraction of sp³-hybridized carbons (Fsp3) is 0.385. The van der Waals surface area contributed by atoms with Crippen LogP contribution in [0.3, 0.4) is 0 Å². The van der Waals surface area contributed by atoms with Crippen LogP contribution in [-0.2, 0) is 13.6 Å². The third-order valence-electron chi connectivity index (χ3n) is 3.55. The second-order valence-electron chi connectivity index (χ2n) is 4.94. The van der Waals surface area contributed by atoms with Crippen molar-refractivity contribution < 1.29 is 0 Å². The second-order valence-corrected chi connectivity index (χ2v) is 4.94. The van der Waals surface area contributed by atoms with Gasteiger partial charge in [-0.2, -0.15) is 0 Å². The second kappa shape index (κ2) is 3.73. The maximum Gasteiger partial charge on any atom is 0.331 e. The Balaban J connectivity index is 2.40. The molecule has 5 heteroatoms. The molecule has 1 aliphatic rings. The van der Waals surface area contributed by atoms with Gasteiger partial charge in [0.05, 0.1) is 10.9 Å². The average molecular weight is 245 g/mol. The van der Waals surface area contributed by atoms with Crippen LogP contribution in [0.1, 0.15) is 12.8 Å². The number of fused-ring (bicyclic) bond motifs is 1. The number of nitrogens with two attached hydrogens (primary N) is 1. The molecule has 1 heterocycles. The monoisotopic (exact) mass is 245 g/mol. The van der Waals surface area contributed by atoms with Gasteiger partial charge in [0.15, 0.2) is 0 Å². The summed E-state index contributed by atoms with van der Waals surface area (Å²) in [7, 11) is 1.67. The maximum atomic E-state index is 12.4. The predicted octanol–water partition coefficient (Wildman–Crippen LogP) is 0.692. The molecule has 1 aliphatic carbocycles. The van der Waals surface area contributed by atoms with E-state index in [2.05, 4.69) is 0 Å². The number of hydrogen-bond donors (Lipinski definition) is 1. The van der Waals surface area contributed by atoms with E-state index in [-0.39, 0.29) is 11.2 Å². The molecular formula is C13H15N3O2. The number of benzene rings is 1. The highest BCUT2D eigenvalue weighted by atomic mass is 16.2. The number of nitrogens with zero attached hydrogens (tertiary/aromatic N) is 2. The van der Waals surface area contributed by atoms with Crippen LogP contribution in [0.4, 0.5) is 5.69 Å². The van der Waals surface area contributed by atoms with Gasteiger partial charge in [0, 0.05) is 19.3 Å².